The molecule has 16 heavy (non-hydrogen) atoms. The Bertz CT molecular complexity index is 372. The molecule has 3 N–H and O–H groups in total. The van der Waals surface area contributed by atoms with Gasteiger partial charge in [-0.2, -0.15) is 5.10 Å². The van der Waals surface area contributed by atoms with E-state index in [1.165, 1.54) is 0 Å². The molecule has 0 aliphatic rings. The second kappa shape index (κ2) is 5.12. The van der Waals surface area contributed by atoms with Crippen LogP contribution in [0.5, 0.6) is 0 Å². The molecule has 0 bridgehead atoms. The molecule has 1 amide bonds. The first kappa shape index (κ1) is 12.7. The summed E-state index contributed by atoms with van der Waals surface area (Å²) < 4.78 is 1.71. The van der Waals surface area contributed by atoms with Crippen LogP contribution in [-0.2, 0) is 11.8 Å². The zero-order valence-electron chi connectivity index (χ0n) is 10.3. The molecule has 2 atom stereocenters. The van der Waals surface area contributed by atoms with E-state index in [0.29, 0.717) is 0 Å². The molecule has 0 saturated carbocycles. The number of aromatic nitrogens is 2. The predicted octanol–water partition coefficient (Wildman–Crippen LogP) is 1.04. The smallest absolute Gasteiger partial charge is 0.241 e. The first-order valence-electron chi connectivity index (χ1n) is 5.52. The van der Waals surface area contributed by atoms with Gasteiger partial charge in [-0.1, -0.05) is 20.3 Å². The lowest BCUT2D eigenvalue weighted by molar-refractivity contribution is -0.118. The van der Waals surface area contributed by atoms with Crippen LogP contribution in [0, 0.1) is 12.8 Å². The fourth-order valence-electron chi connectivity index (χ4n) is 1.35. The third-order valence-corrected chi connectivity index (χ3v) is 3.05. The van der Waals surface area contributed by atoms with E-state index in [0.717, 1.165) is 17.8 Å². The van der Waals surface area contributed by atoms with Crippen LogP contribution in [-0.4, -0.2) is 21.7 Å². The minimum absolute atomic E-state index is 0.148. The van der Waals surface area contributed by atoms with E-state index in [4.69, 9.17) is 5.73 Å². The molecule has 0 saturated heterocycles. The molecule has 0 aromatic carbocycles. The maximum Gasteiger partial charge on any atom is 0.241 e. The summed E-state index contributed by atoms with van der Waals surface area (Å²) in [6.45, 7) is 5.89. The van der Waals surface area contributed by atoms with E-state index in [2.05, 4.69) is 10.4 Å². The summed E-state index contributed by atoms with van der Waals surface area (Å²) in [6.07, 6.45) is 2.52. The highest BCUT2D eigenvalue weighted by atomic mass is 16.2. The minimum atomic E-state index is -0.468. The van der Waals surface area contributed by atoms with Gasteiger partial charge >= 0.3 is 0 Å². The van der Waals surface area contributed by atoms with E-state index in [9.17, 15) is 4.79 Å². The molecule has 5 nitrogen and oxygen atoms in total. The van der Waals surface area contributed by atoms with E-state index in [1.807, 2.05) is 27.8 Å². The maximum atomic E-state index is 11.8. The lowest BCUT2D eigenvalue weighted by atomic mass is 9.99. The molecule has 0 aliphatic heterocycles. The van der Waals surface area contributed by atoms with Crippen LogP contribution in [0.2, 0.25) is 0 Å². The van der Waals surface area contributed by atoms with Gasteiger partial charge in [0, 0.05) is 7.05 Å². The lowest BCUT2D eigenvalue weighted by Crippen LogP contribution is -2.40. The highest BCUT2D eigenvalue weighted by molar-refractivity contribution is 5.95. The third kappa shape index (κ3) is 2.61. The zero-order chi connectivity index (χ0) is 12.3. The van der Waals surface area contributed by atoms with Crippen LogP contribution < -0.4 is 11.1 Å². The Morgan fingerprint density at radius 2 is 2.31 bits per heavy atom. The van der Waals surface area contributed by atoms with Crippen molar-refractivity contribution in [3.8, 4) is 0 Å². The molecular weight excluding hydrogens is 204 g/mol. The van der Waals surface area contributed by atoms with E-state index in [-0.39, 0.29) is 11.8 Å². The van der Waals surface area contributed by atoms with Crippen molar-refractivity contribution in [3.05, 3.63) is 11.9 Å². The zero-order valence-corrected chi connectivity index (χ0v) is 10.3. The predicted molar refractivity (Wildman–Crippen MR) is 64.0 cm³/mol. The van der Waals surface area contributed by atoms with Crippen molar-refractivity contribution < 1.29 is 4.79 Å². The van der Waals surface area contributed by atoms with Crippen molar-refractivity contribution in [2.75, 3.05) is 5.32 Å². The first-order valence-corrected chi connectivity index (χ1v) is 5.52. The van der Waals surface area contributed by atoms with Crippen molar-refractivity contribution in [2.45, 2.75) is 33.2 Å². The van der Waals surface area contributed by atoms with Gasteiger partial charge < -0.3 is 11.1 Å². The number of anilines is 1. The van der Waals surface area contributed by atoms with Crippen LogP contribution in [0.15, 0.2) is 6.20 Å². The van der Waals surface area contributed by atoms with Crippen LogP contribution in [0.25, 0.3) is 0 Å². The molecule has 1 aromatic heterocycles. The van der Waals surface area contributed by atoms with E-state index in [1.54, 1.807) is 10.9 Å². The molecule has 0 spiro atoms. The Morgan fingerprint density at radius 1 is 1.69 bits per heavy atom. The molecule has 0 radical (unpaired) electrons. The number of nitrogens with two attached hydrogens (primary N) is 1. The lowest BCUT2D eigenvalue weighted by Gasteiger charge is -2.17. The van der Waals surface area contributed by atoms with Gasteiger partial charge in [-0.3, -0.25) is 9.48 Å². The molecular formula is C11H20N4O. The van der Waals surface area contributed by atoms with Gasteiger partial charge in [-0.05, 0) is 12.8 Å². The van der Waals surface area contributed by atoms with Gasteiger partial charge in [-0.25, -0.2) is 0 Å². The minimum Gasteiger partial charge on any atom is -0.322 e. The van der Waals surface area contributed by atoms with E-state index < -0.39 is 6.04 Å². The van der Waals surface area contributed by atoms with Crippen molar-refractivity contribution in [1.82, 2.24) is 9.78 Å². The maximum absolute atomic E-state index is 11.8. The topological polar surface area (TPSA) is 72.9 Å². The van der Waals surface area contributed by atoms with Crippen LogP contribution >= 0.6 is 0 Å². The number of aryl methyl sites for hydroxylation is 1. The molecule has 2 unspecified atom stereocenters. The monoisotopic (exact) mass is 224 g/mol. The molecule has 0 fully saturated rings. The third-order valence-electron chi connectivity index (χ3n) is 3.05. The van der Waals surface area contributed by atoms with Gasteiger partial charge in [0.1, 0.15) is 0 Å². The largest absolute Gasteiger partial charge is 0.322 e. The van der Waals surface area contributed by atoms with E-state index >= 15 is 0 Å². The quantitative estimate of drug-likeness (QED) is 0.802. The first-order chi connectivity index (χ1) is 7.47. The fourth-order valence-corrected chi connectivity index (χ4v) is 1.35. The van der Waals surface area contributed by atoms with Gasteiger partial charge in [0.15, 0.2) is 0 Å². The summed E-state index contributed by atoms with van der Waals surface area (Å²) in [5.74, 6) is 0.0300. The Morgan fingerprint density at radius 3 is 2.75 bits per heavy atom. The van der Waals surface area contributed by atoms with Crippen LogP contribution in [0.4, 0.5) is 5.69 Å². The van der Waals surface area contributed by atoms with Gasteiger partial charge in [0.25, 0.3) is 0 Å². The summed E-state index contributed by atoms with van der Waals surface area (Å²) in [4.78, 5) is 11.8. The Hall–Kier alpha value is -1.36. The highest BCUT2D eigenvalue weighted by Crippen LogP contribution is 2.14. The number of amides is 1. The number of hydrogen-bond acceptors (Lipinski definition) is 3. The SMILES string of the molecule is CCC(C)C(N)C(=O)Nc1cnn(C)c1C. The summed E-state index contributed by atoms with van der Waals surface area (Å²) in [6, 6.07) is -0.468. The van der Waals surface area contributed by atoms with Crippen LogP contribution in [0.3, 0.4) is 0 Å². The molecule has 5 heteroatoms. The van der Waals surface area contributed by atoms with Gasteiger partial charge in [-0.15, -0.1) is 0 Å². The average Bonchev–Trinajstić information content (AvgIpc) is 2.58. The Labute approximate surface area is 96.0 Å². The second-order valence-electron chi connectivity index (χ2n) is 4.17. The molecule has 90 valence electrons. The number of carbonyl (C=O) groups excluding carboxylic acids is 1. The molecule has 0 aliphatic carbocycles. The fraction of sp³-hybridized carbons (Fsp3) is 0.636. The number of carbonyl (C=O) groups is 1. The Balaban J connectivity index is 2.68. The van der Waals surface area contributed by atoms with Crippen molar-refractivity contribution in [1.29, 1.82) is 0 Å². The number of rotatable bonds is 4. The molecule has 1 heterocycles. The normalized spacial score (nSPS) is 14.6. The van der Waals surface area contributed by atoms with Crippen molar-refractivity contribution >= 4 is 11.6 Å². The Kier molecular flexibility index (Phi) is 4.06. The van der Waals surface area contributed by atoms with Crippen molar-refractivity contribution in [3.63, 3.8) is 0 Å². The number of nitrogens with one attached hydrogen (secondary N) is 1. The standard InChI is InChI=1S/C11H20N4O/c1-5-7(2)10(12)11(16)14-9-6-13-15(4)8(9)3/h6-7,10H,5,12H2,1-4H3,(H,14,16). The molecule has 1 aromatic rings. The van der Waals surface area contributed by atoms with Gasteiger partial charge in [0.2, 0.25) is 5.91 Å². The number of nitrogens with zero attached hydrogens (tertiary/aromatic N) is 2. The second-order valence-corrected chi connectivity index (χ2v) is 4.17. The summed E-state index contributed by atoms with van der Waals surface area (Å²) in [5, 5.41) is 6.85. The summed E-state index contributed by atoms with van der Waals surface area (Å²) in [7, 11) is 1.83. The van der Waals surface area contributed by atoms with Gasteiger partial charge in [0.05, 0.1) is 23.6 Å². The highest BCUT2D eigenvalue weighted by Gasteiger charge is 2.20. The van der Waals surface area contributed by atoms with Crippen LogP contribution in [0.1, 0.15) is 26.0 Å². The molecule has 1 rings (SSSR count). The average molecular weight is 224 g/mol. The number of hydrogen-bond donors (Lipinski definition) is 2. The van der Waals surface area contributed by atoms with Crippen molar-refractivity contribution in [2.24, 2.45) is 18.7 Å². The summed E-state index contributed by atoms with van der Waals surface area (Å²) in [5.41, 5.74) is 7.49. The summed E-state index contributed by atoms with van der Waals surface area (Å²) >= 11 is 0.